The highest BCUT2D eigenvalue weighted by Crippen LogP contribution is 2.28. The third-order valence-electron chi connectivity index (χ3n) is 4.38. The highest BCUT2D eigenvalue weighted by Gasteiger charge is 2.26. The molecule has 0 unspecified atom stereocenters. The number of rotatable bonds is 7. The van der Waals surface area contributed by atoms with Crippen molar-refractivity contribution in [3.8, 4) is 0 Å². The fraction of sp³-hybridized carbons (Fsp3) is 0.316. The molecule has 2 aromatic carbocycles. The Kier molecular flexibility index (Phi) is 7.28. The van der Waals surface area contributed by atoms with Gasteiger partial charge in [-0.3, -0.25) is 4.79 Å². The molecule has 1 aliphatic heterocycles. The molecule has 1 N–H and O–H groups in total. The zero-order chi connectivity index (χ0) is 20.1. The number of sulfonamides is 1. The van der Waals surface area contributed by atoms with Crippen LogP contribution in [0.1, 0.15) is 18.4 Å². The fourth-order valence-corrected chi connectivity index (χ4v) is 5.98. The maximum Gasteiger partial charge on any atom is 0.243 e. The van der Waals surface area contributed by atoms with E-state index in [1.165, 1.54) is 28.2 Å². The van der Waals surface area contributed by atoms with Crippen molar-refractivity contribution in [1.82, 2.24) is 4.31 Å². The summed E-state index contributed by atoms with van der Waals surface area (Å²) in [6, 6.07) is 11.6. The number of halogens is 2. The van der Waals surface area contributed by atoms with E-state index < -0.39 is 10.0 Å². The maximum atomic E-state index is 12.5. The van der Waals surface area contributed by atoms with Crippen LogP contribution in [0.2, 0.25) is 10.0 Å². The van der Waals surface area contributed by atoms with Crippen LogP contribution >= 0.6 is 35.0 Å². The quantitative estimate of drug-likeness (QED) is 0.655. The molecule has 0 bridgehead atoms. The zero-order valence-electron chi connectivity index (χ0n) is 15.0. The molecule has 0 aliphatic carbocycles. The van der Waals surface area contributed by atoms with Crippen LogP contribution in [0.5, 0.6) is 0 Å². The third kappa shape index (κ3) is 5.21. The molecule has 2 aromatic rings. The number of thioether (sulfide) groups is 1. The number of carbonyl (C=O) groups is 1. The minimum Gasteiger partial charge on any atom is -0.325 e. The van der Waals surface area contributed by atoms with Crippen molar-refractivity contribution in [2.24, 2.45) is 0 Å². The number of nitrogens with zero attached hydrogens (tertiary/aromatic N) is 1. The first kappa shape index (κ1) is 21.5. The molecule has 0 spiro atoms. The predicted molar refractivity (Wildman–Crippen MR) is 116 cm³/mol. The van der Waals surface area contributed by atoms with Gasteiger partial charge in [-0.2, -0.15) is 4.31 Å². The largest absolute Gasteiger partial charge is 0.325 e. The molecule has 9 heteroatoms. The van der Waals surface area contributed by atoms with E-state index in [0.717, 1.165) is 18.4 Å². The molecule has 28 heavy (non-hydrogen) atoms. The van der Waals surface area contributed by atoms with Gasteiger partial charge in [0.25, 0.3) is 0 Å². The predicted octanol–water partition coefficient (Wildman–Crippen LogP) is 4.65. The SMILES string of the molecule is O=C(CSCc1c(Cl)cccc1Cl)Nc1ccc(S(=O)(=O)N2CCCC2)cc1. The van der Waals surface area contributed by atoms with Crippen LogP contribution in [0.4, 0.5) is 5.69 Å². The molecule has 150 valence electrons. The van der Waals surface area contributed by atoms with Crippen LogP contribution < -0.4 is 5.32 Å². The van der Waals surface area contributed by atoms with E-state index in [4.69, 9.17) is 23.2 Å². The molecule has 1 amide bonds. The van der Waals surface area contributed by atoms with Gasteiger partial charge >= 0.3 is 0 Å². The van der Waals surface area contributed by atoms with Crippen molar-refractivity contribution in [2.75, 3.05) is 24.2 Å². The number of benzene rings is 2. The summed E-state index contributed by atoms with van der Waals surface area (Å²) in [6.45, 7) is 1.13. The van der Waals surface area contributed by atoms with Crippen LogP contribution in [-0.2, 0) is 20.6 Å². The summed E-state index contributed by atoms with van der Waals surface area (Å²) in [5.41, 5.74) is 1.36. The third-order valence-corrected chi connectivity index (χ3v) is 7.96. The Labute approximate surface area is 179 Å². The van der Waals surface area contributed by atoms with Crippen LogP contribution in [-0.4, -0.2) is 37.5 Å². The lowest BCUT2D eigenvalue weighted by Crippen LogP contribution is -2.27. The van der Waals surface area contributed by atoms with E-state index in [0.29, 0.717) is 34.6 Å². The van der Waals surface area contributed by atoms with Crippen LogP contribution in [0.3, 0.4) is 0 Å². The van der Waals surface area contributed by atoms with Crippen LogP contribution in [0.15, 0.2) is 47.4 Å². The van der Waals surface area contributed by atoms with Crippen molar-refractivity contribution in [1.29, 1.82) is 0 Å². The van der Waals surface area contributed by atoms with Crippen LogP contribution in [0, 0.1) is 0 Å². The lowest BCUT2D eigenvalue weighted by Gasteiger charge is -2.15. The average Bonchev–Trinajstić information content (AvgIpc) is 3.20. The molecule has 0 saturated carbocycles. The lowest BCUT2D eigenvalue weighted by atomic mass is 10.2. The summed E-state index contributed by atoms with van der Waals surface area (Å²) in [5, 5.41) is 3.93. The summed E-state index contributed by atoms with van der Waals surface area (Å²) >= 11 is 13.6. The van der Waals surface area contributed by atoms with E-state index in [1.54, 1.807) is 30.3 Å². The number of amides is 1. The number of nitrogens with one attached hydrogen (secondary N) is 1. The Morgan fingerprint density at radius 2 is 1.64 bits per heavy atom. The van der Waals surface area contributed by atoms with Crippen molar-refractivity contribution >= 4 is 56.6 Å². The second kappa shape index (κ2) is 9.50. The highest BCUT2D eigenvalue weighted by molar-refractivity contribution is 7.99. The molecule has 0 aromatic heterocycles. The van der Waals surface area contributed by atoms with Crippen LogP contribution in [0.25, 0.3) is 0 Å². The van der Waals surface area contributed by atoms with E-state index in [1.807, 2.05) is 0 Å². The van der Waals surface area contributed by atoms with Crippen molar-refractivity contribution in [3.63, 3.8) is 0 Å². The van der Waals surface area contributed by atoms with E-state index in [2.05, 4.69) is 5.32 Å². The first-order valence-electron chi connectivity index (χ1n) is 8.78. The van der Waals surface area contributed by atoms with Gasteiger partial charge in [-0.15, -0.1) is 11.8 Å². The van der Waals surface area contributed by atoms with E-state index in [9.17, 15) is 13.2 Å². The Hall–Kier alpha value is -1.25. The smallest absolute Gasteiger partial charge is 0.243 e. The molecular formula is C19H20Cl2N2O3S2. The number of hydrogen-bond acceptors (Lipinski definition) is 4. The Morgan fingerprint density at radius 3 is 2.25 bits per heavy atom. The van der Waals surface area contributed by atoms with Gasteiger partial charge in [-0.1, -0.05) is 29.3 Å². The summed E-state index contributed by atoms with van der Waals surface area (Å²) in [7, 11) is -3.45. The Balaban J connectivity index is 1.53. The molecule has 5 nitrogen and oxygen atoms in total. The van der Waals surface area contributed by atoms with Gasteiger partial charge in [-0.05, 0) is 54.8 Å². The first-order chi connectivity index (χ1) is 13.4. The monoisotopic (exact) mass is 458 g/mol. The second-order valence-electron chi connectivity index (χ2n) is 6.38. The minimum absolute atomic E-state index is 0.177. The Morgan fingerprint density at radius 1 is 1.04 bits per heavy atom. The minimum atomic E-state index is -3.45. The number of anilines is 1. The maximum absolute atomic E-state index is 12.5. The summed E-state index contributed by atoms with van der Waals surface area (Å²) < 4.78 is 26.5. The summed E-state index contributed by atoms with van der Waals surface area (Å²) in [4.78, 5) is 12.4. The summed E-state index contributed by atoms with van der Waals surface area (Å²) in [6.07, 6.45) is 1.79. The van der Waals surface area contributed by atoms with Gasteiger partial charge in [-0.25, -0.2) is 8.42 Å². The van der Waals surface area contributed by atoms with Gasteiger partial charge in [0.05, 0.1) is 10.6 Å². The zero-order valence-corrected chi connectivity index (χ0v) is 18.2. The van der Waals surface area contributed by atoms with Gasteiger partial charge in [0, 0.05) is 34.6 Å². The van der Waals surface area contributed by atoms with Gasteiger partial charge < -0.3 is 5.32 Å². The van der Waals surface area contributed by atoms with Crippen molar-refractivity contribution < 1.29 is 13.2 Å². The number of hydrogen-bond donors (Lipinski definition) is 1. The van der Waals surface area contributed by atoms with Gasteiger partial charge in [0.1, 0.15) is 0 Å². The average molecular weight is 459 g/mol. The second-order valence-corrected chi connectivity index (χ2v) is 10.1. The molecular weight excluding hydrogens is 439 g/mol. The highest BCUT2D eigenvalue weighted by atomic mass is 35.5. The normalized spacial score (nSPS) is 14.9. The van der Waals surface area contributed by atoms with E-state index in [-0.39, 0.29) is 16.6 Å². The van der Waals surface area contributed by atoms with Crippen molar-refractivity contribution in [3.05, 3.63) is 58.1 Å². The molecule has 1 saturated heterocycles. The molecule has 1 heterocycles. The molecule has 1 aliphatic rings. The fourth-order valence-electron chi connectivity index (χ4n) is 2.90. The topological polar surface area (TPSA) is 66.5 Å². The standard InChI is InChI=1S/C19H20Cl2N2O3S2/c20-17-4-3-5-18(21)16(17)12-27-13-19(24)22-14-6-8-15(9-7-14)28(25,26)23-10-1-2-11-23/h3-9H,1-2,10-13H2,(H,22,24). The first-order valence-corrected chi connectivity index (χ1v) is 12.1. The van der Waals surface area contributed by atoms with Gasteiger partial charge in [0.15, 0.2) is 0 Å². The van der Waals surface area contributed by atoms with E-state index >= 15 is 0 Å². The molecule has 1 fully saturated rings. The lowest BCUT2D eigenvalue weighted by molar-refractivity contribution is -0.113. The Bertz CT molecular complexity index is 924. The molecule has 0 radical (unpaired) electrons. The molecule has 3 rings (SSSR count). The van der Waals surface area contributed by atoms with Gasteiger partial charge in [0.2, 0.25) is 15.9 Å². The number of carbonyl (C=O) groups excluding carboxylic acids is 1. The van der Waals surface area contributed by atoms with Crippen molar-refractivity contribution in [2.45, 2.75) is 23.5 Å². The molecule has 0 atom stereocenters. The summed E-state index contributed by atoms with van der Waals surface area (Å²) in [5.74, 6) is 0.581.